The van der Waals surface area contributed by atoms with Crippen LogP contribution in [-0.2, 0) is 21.8 Å². The Morgan fingerprint density at radius 1 is 0.516 bits per heavy atom. The van der Waals surface area contributed by atoms with Gasteiger partial charge in [-0.3, -0.25) is 0 Å². The Labute approximate surface area is 189 Å². The Bertz CT molecular complexity index is 760. The van der Waals surface area contributed by atoms with Gasteiger partial charge in [0.1, 0.15) is 0 Å². The normalized spacial score (nSPS) is 26.1. The SMILES string of the molecule is [O-][Cl+3]([O-])([O-])[O-].[O-][Cl+3]([O-])([O-])[O-].c1ccc2c(c1)[S+]1c3ccccc3[S+]2C2CCCCCC21. The van der Waals surface area contributed by atoms with Gasteiger partial charge < -0.3 is 0 Å². The van der Waals surface area contributed by atoms with Crippen molar-refractivity contribution in [3.8, 4) is 0 Å². The zero-order chi connectivity index (χ0) is 22.8. The molecule has 2 atom stereocenters. The third kappa shape index (κ3) is 6.70. The Hall–Kier alpha value is -0.600. The van der Waals surface area contributed by atoms with E-state index in [-0.39, 0.29) is 0 Å². The fourth-order valence-electron chi connectivity index (χ4n) is 4.30. The molecule has 3 aliphatic heterocycles. The molecule has 1 fully saturated rings. The maximum atomic E-state index is 8.49. The first kappa shape index (κ1) is 25.0. The van der Waals surface area contributed by atoms with Crippen LogP contribution in [0, 0.1) is 20.5 Å². The molecule has 0 spiro atoms. The second-order valence-electron chi connectivity index (χ2n) is 7.04. The van der Waals surface area contributed by atoms with Crippen LogP contribution in [0.1, 0.15) is 32.1 Å². The number of rotatable bonds is 0. The maximum absolute atomic E-state index is 8.49. The third-order valence-corrected chi connectivity index (χ3v) is 11.2. The lowest BCUT2D eigenvalue weighted by atomic mass is 10.2. The molecule has 0 radical (unpaired) electrons. The van der Waals surface area contributed by atoms with E-state index in [0.717, 1.165) is 10.5 Å². The van der Waals surface area contributed by atoms with E-state index in [2.05, 4.69) is 48.5 Å². The van der Waals surface area contributed by atoms with E-state index in [1.807, 2.05) is 0 Å². The van der Waals surface area contributed by atoms with Crippen molar-refractivity contribution >= 4 is 21.8 Å². The van der Waals surface area contributed by atoms with Crippen LogP contribution in [0.5, 0.6) is 0 Å². The zero-order valence-electron chi connectivity index (χ0n) is 16.1. The van der Waals surface area contributed by atoms with Crippen molar-refractivity contribution in [1.29, 1.82) is 0 Å². The van der Waals surface area contributed by atoms with Crippen molar-refractivity contribution in [3.05, 3.63) is 48.5 Å². The fourth-order valence-corrected chi connectivity index (χ4v) is 11.5. The van der Waals surface area contributed by atoms with E-state index in [9.17, 15) is 0 Å². The molecule has 6 rings (SSSR count). The van der Waals surface area contributed by atoms with Crippen LogP contribution in [-0.4, -0.2) is 10.5 Å². The summed E-state index contributed by atoms with van der Waals surface area (Å²) in [7, 11) is -9.20. The summed E-state index contributed by atoms with van der Waals surface area (Å²) in [6.45, 7) is 0. The van der Waals surface area contributed by atoms with E-state index in [4.69, 9.17) is 37.3 Å². The number of hydrogen-bond acceptors (Lipinski definition) is 8. The highest BCUT2D eigenvalue weighted by Gasteiger charge is 2.64. The van der Waals surface area contributed by atoms with Crippen LogP contribution >= 0.6 is 0 Å². The lowest BCUT2D eigenvalue weighted by Gasteiger charge is -2.35. The van der Waals surface area contributed by atoms with Gasteiger partial charge in [0.05, 0.1) is 21.8 Å². The average Bonchev–Trinajstić information content (AvgIpc) is 2.91. The monoisotopic (exact) mass is 510 g/mol. The standard InChI is InChI=1S/C19H20S2.2ClHO4/c1-2-8-14-15(9-3-1)21-18-12-6-4-10-16(18)20(14)17-11-5-7-13-19(17)21;2*2-1(3,4)5/h4-7,10-15H,1-3,8-9H2;2*(H,2,3,4,5)/q+2;;/p-2. The Morgan fingerprint density at radius 2 is 0.774 bits per heavy atom. The van der Waals surface area contributed by atoms with Crippen LogP contribution in [0.3, 0.4) is 0 Å². The molecule has 2 unspecified atom stereocenters. The molecule has 2 bridgehead atoms. The molecule has 0 N–H and O–H groups in total. The van der Waals surface area contributed by atoms with E-state index in [0.29, 0.717) is 21.8 Å². The van der Waals surface area contributed by atoms with Gasteiger partial charge in [0, 0.05) is 12.8 Å². The van der Waals surface area contributed by atoms with Gasteiger partial charge in [-0.05, 0) is 37.1 Å². The van der Waals surface area contributed by atoms with E-state index in [1.165, 1.54) is 32.1 Å². The predicted molar refractivity (Wildman–Crippen MR) is 91.3 cm³/mol. The molecular weight excluding hydrogens is 491 g/mol. The lowest BCUT2D eigenvalue weighted by Crippen LogP contribution is -2.68. The van der Waals surface area contributed by atoms with Gasteiger partial charge >= 0.3 is 0 Å². The van der Waals surface area contributed by atoms with Gasteiger partial charge in [-0.25, -0.2) is 37.3 Å². The molecule has 170 valence electrons. The quantitative estimate of drug-likeness (QED) is 0.316. The first-order valence-corrected chi connectivity index (χ1v) is 14.4. The molecule has 12 heteroatoms. The Morgan fingerprint density at radius 3 is 1.03 bits per heavy atom. The molecule has 0 amide bonds. The highest BCUT2D eigenvalue weighted by molar-refractivity contribution is 8.06. The molecule has 1 aliphatic carbocycles. The summed E-state index contributed by atoms with van der Waals surface area (Å²) in [6, 6.07) is 18.7. The second kappa shape index (κ2) is 10.1. The van der Waals surface area contributed by atoms with Crippen LogP contribution in [0.4, 0.5) is 0 Å². The Balaban J connectivity index is 0.000000232. The minimum absolute atomic E-state index is 0.344. The summed E-state index contributed by atoms with van der Waals surface area (Å²) in [6.07, 6.45) is 7.27. The van der Waals surface area contributed by atoms with E-state index >= 15 is 0 Å². The molecule has 0 aromatic heterocycles. The number of halogens is 2. The topological polar surface area (TPSA) is 184 Å². The van der Waals surface area contributed by atoms with Crippen molar-refractivity contribution in [1.82, 2.24) is 0 Å². The summed E-state index contributed by atoms with van der Waals surface area (Å²) in [4.78, 5) is 6.73. The van der Waals surface area contributed by atoms with Gasteiger partial charge in [-0.2, -0.15) is 0 Å². The molecule has 4 aliphatic rings. The minimum Gasteiger partial charge on any atom is -0.222 e. The zero-order valence-corrected chi connectivity index (χ0v) is 19.3. The summed E-state index contributed by atoms with van der Waals surface area (Å²) in [5.74, 6) is 0. The van der Waals surface area contributed by atoms with Crippen LogP contribution in [0.2, 0.25) is 0 Å². The van der Waals surface area contributed by atoms with Crippen molar-refractivity contribution in [2.75, 3.05) is 0 Å². The molecular formula is C19H20Cl2O8S2. The van der Waals surface area contributed by atoms with Gasteiger partial charge in [0.25, 0.3) is 0 Å². The van der Waals surface area contributed by atoms with Gasteiger partial charge in [-0.1, -0.05) is 30.7 Å². The first-order valence-electron chi connectivity index (χ1n) is 9.33. The Kier molecular flexibility index (Phi) is 8.17. The molecule has 31 heavy (non-hydrogen) atoms. The van der Waals surface area contributed by atoms with Crippen LogP contribution in [0.25, 0.3) is 0 Å². The summed E-state index contributed by atoms with van der Waals surface area (Å²) in [5.41, 5.74) is 0. The largest absolute Gasteiger partial charge is 0.222 e. The number of hydrogen-bond donors (Lipinski definition) is 0. The first-order chi connectivity index (χ1) is 14.4. The maximum Gasteiger partial charge on any atom is 0.216 e. The fraction of sp³-hybridized carbons (Fsp3) is 0.368. The van der Waals surface area contributed by atoms with Crippen molar-refractivity contribution < 1.29 is 57.8 Å². The molecule has 1 saturated carbocycles. The smallest absolute Gasteiger partial charge is 0.216 e. The highest BCUT2D eigenvalue weighted by atomic mass is 35.7. The third-order valence-electron chi connectivity index (χ3n) is 5.14. The summed E-state index contributed by atoms with van der Waals surface area (Å²) in [5, 5.41) is 1.86. The summed E-state index contributed by atoms with van der Waals surface area (Å²) < 4.78 is 67.9. The minimum atomic E-state index is -4.94. The molecule has 3 heterocycles. The van der Waals surface area contributed by atoms with Crippen LogP contribution < -0.4 is 37.3 Å². The van der Waals surface area contributed by atoms with Crippen molar-refractivity contribution in [2.45, 2.75) is 62.2 Å². The molecule has 2 aromatic rings. The summed E-state index contributed by atoms with van der Waals surface area (Å²) >= 11 is 0. The van der Waals surface area contributed by atoms with Crippen molar-refractivity contribution in [3.63, 3.8) is 0 Å². The second-order valence-corrected chi connectivity index (χ2v) is 12.9. The van der Waals surface area contributed by atoms with E-state index in [1.54, 1.807) is 19.6 Å². The molecule has 8 nitrogen and oxygen atoms in total. The highest BCUT2D eigenvalue weighted by Crippen LogP contribution is 2.55. The van der Waals surface area contributed by atoms with Crippen molar-refractivity contribution in [2.24, 2.45) is 0 Å². The van der Waals surface area contributed by atoms with E-state index < -0.39 is 20.5 Å². The molecule has 2 aromatic carbocycles. The number of benzene rings is 2. The van der Waals surface area contributed by atoms with Gasteiger partial charge in [0.15, 0.2) is 10.5 Å². The van der Waals surface area contributed by atoms with Gasteiger partial charge in [0.2, 0.25) is 19.6 Å². The predicted octanol–water partition coefficient (Wildman–Crippen LogP) is -4.72. The lowest BCUT2D eigenvalue weighted by molar-refractivity contribution is -2.00. The average molecular weight is 511 g/mol. The molecule has 0 saturated heterocycles. The van der Waals surface area contributed by atoms with Gasteiger partial charge in [-0.15, -0.1) is 20.5 Å². The van der Waals surface area contributed by atoms with Crippen LogP contribution in [0.15, 0.2) is 68.1 Å².